The van der Waals surface area contributed by atoms with Crippen LogP contribution >= 0.6 is 0 Å². The van der Waals surface area contributed by atoms with Gasteiger partial charge in [-0.2, -0.15) is 0 Å². The summed E-state index contributed by atoms with van der Waals surface area (Å²) in [5, 5.41) is 8.58. The van der Waals surface area contributed by atoms with Gasteiger partial charge in [-0.1, -0.05) is 44.4 Å². The Hall–Kier alpha value is -0.870. The zero-order valence-corrected chi connectivity index (χ0v) is 11.7. The van der Waals surface area contributed by atoms with Crippen molar-refractivity contribution < 1.29 is 13.5 Å². The molecule has 1 unspecified atom stereocenters. The zero-order chi connectivity index (χ0) is 13.4. The maximum atomic E-state index is 12.4. The Bertz CT molecular complexity index is 426. The number of rotatable bonds is 8. The van der Waals surface area contributed by atoms with Gasteiger partial charge < -0.3 is 5.11 Å². The first-order valence-corrected chi connectivity index (χ1v) is 8.07. The van der Waals surface area contributed by atoms with Crippen LogP contribution in [0.2, 0.25) is 0 Å². The van der Waals surface area contributed by atoms with Crippen LogP contribution in [-0.2, 0) is 9.84 Å². The van der Waals surface area contributed by atoms with Crippen LogP contribution in [0, 0.1) is 0 Å². The van der Waals surface area contributed by atoms with Gasteiger partial charge in [0.05, 0.1) is 10.1 Å². The number of sulfone groups is 1. The van der Waals surface area contributed by atoms with Gasteiger partial charge in [0.1, 0.15) is 0 Å². The third kappa shape index (κ3) is 4.10. The quantitative estimate of drug-likeness (QED) is 0.739. The molecule has 4 heteroatoms. The lowest BCUT2D eigenvalue weighted by Crippen LogP contribution is -2.23. The van der Waals surface area contributed by atoms with E-state index in [0.717, 1.165) is 19.3 Å². The number of hydrogen-bond donors (Lipinski definition) is 1. The van der Waals surface area contributed by atoms with Gasteiger partial charge in [-0.3, -0.25) is 0 Å². The fraction of sp³-hybridized carbons (Fsp3) is 0.571. The Labute approximate surface area is 110 Å². The molecule has 0 bridgehead atoms. The molecule has 0 saturated heterocycles. The number of aliphatic hydroxyl groups is 1. The summed E-state index contributed by atoms with van der Waals surface area (Å²) in [4.78, 5) is 0.361. The van der Waals surface area contributed by atoms with Gasteiger partial charge in [0.25, 0.3) is 0 Å². The molecular formula is C14H22O3S. The number of hydrogen-bond acceptors (Lipinski definition) is 3. The number of benzene rings is 1. The lowest BCUT2D eigenvalue weighted by Gasteiger charge is -2.16. The van der Waals surface area contributed by atoms with Crippen molar-refractivity contribution in [3.8, 4) is 0 Å². The van der Waals surface area contributed by atoms with E-state index in [1.54, 1.807) is 30.3 Å². The molecule has 1 N–H and O–H groups in total. The average molecular weight is 270 g/mol. The molecule has 0 radical (unpaired) electrons. The average Bonchev–Trinajstić information content (AvgIpc) is 2.39. The van der Waals surface area contributed by atoms with Gasteiger partial charge in [-0.25, -0.2) is 8.42 Å². The topological polar surface area (TPSA) is 54.4 Å². The molecule has 0 fully saturated rings. The van der Waals surface area contributed by atoms with Crippen molar-refractivity contribution >= 4 is 9.84 Å². The predicted octanol–water partition coefficient (Wildman–Crippen LogP) is 2.79. The molecule has 1 aromatic rings. The molecule has 1 atom stereocenters. The molecule has 0 spiro atoms. The maximum absolute atomic E-state index is 12.4. The van der Waals surface area contributed by atoms with Crippen LogP contribution in [0.4, 0.5) is 0 Å². The zero-order valence-electron chi connectivity index (χ0n) is 10.9. The monoisotopic (exact) mass is 270 g/mol. The van der Waals surface area contributed by atoms with Gasteiger partial charge in [0, 0.05) is 6.61 Å². The summed E-state index contributed by atoms with van der Waals surface area (Å²) in [6.45, 7) is 2.01. The van der Waals surface area contributed by atoms with Crippen molar-refractivity contribution in [1.29, 1.82) is 0 Å². The first-order chi connectivity index (χ1) is 8.62. The molecule has 18 heavy (non-hydrogen) atoms. The lowest BCUT2D eigenvalue weighted by molar-refractivity contribution is 0.282. The van der Waals surface area contributed by atoms with E-state index in [-0.39, 0.29) is 6.61 Å². The van der Waals surface area contributed by atoms with E-state index in [2.05, 4.69) is 6.92 Å². The molecule has 0 aromatic heterocycles. The SMILES string of the molecule is CCCCCC(CCO)S(=O)(=O)c1ccccc1. The standard InChI is InChI=1S/C14H22O3S/c1-2-3-5-8-14(11-12-15)18(16,17)13-9-6-4-7-10-13/h4,6-7,9-10,14-15H,2-3,5,8,11-12H2,1H3. The summed E-state index contributed by atoms with van der Waals surface area (Å²) >= 11 is 0. The number of aliphatic hydroxyl groups excluding tert-OH is 1. The second-order valence-electron chi connectivity index (χ2n) is 4.49. The van der Waals surface area contributed by atoms with E-state index in [9.17, 15) is 8.42 Å². The van der Waals surface area contributed by atoms with Crippen LogP contribution in [0.3, 0.4) is 0 Å². The third-order valence-corrected chi connectivity index (χ3v) is 5.37. The van der Waals surface area contributed by atoms with E-state index in [4.69, 9.17) is 5.11 Å². The van der Waals surface area contributed by atoms with Crippen molar-refractivity contribution in [2.75, 3.05) is 6.61 Å². The Kier molecular flexibility index (Phi) is 6.36. The van der Waals surface area contributed by atoms with Crippen LogP contribution in [0.15, 0.2) is 35.2 Å². The Balaban J connectivity index is 2.83. The van der Waals surface area contributed by atoms with Crippen molar-refractivity contribution in [2.24, 2.45) is 0 Å². The van der Waals surface area contributed by atoms with E-state index in [0.29, 0.717) is 17.7 Å². The fourth-order valence-corrected chi connectivity index (χ4v) is 3.84. The molecule has 0 aliphatic carbocycles. The minimum absolute atomic E-state index is 0.0805. The van der Waals surface area contributed by atoms with Gasteiger partial charge in [-0.05, 0) is 25.0 Å². The van der Waals surface area contributed by atoms with Crippen LogP contribution in [0.1, 0.15) is 39.0 Å². The summed E-state index contributed by atoms with van der Waals surface area (Å²) in [5.41, 5.74) is 0. The van der Waals surface area contributed by atoms with Gasteiger partial charge in [0.2, 0.25) is 0 Å². The highest BCUT2D eigenvalue weighted by atomic mass is 32.2. The molecule has 0 aliphatic rings. The number of unbranched alkanes of at least 4 members (excludes halogenated alkanes) is 2. The summed E-state index contributed by atoms with van der Waals surface area (Å²) < 4.78 is 24.8. The normalized spacial score (nSPS) is 13.4. The molecule has 102 valence electrons. The van der Waals surface area contributed by atoms with Crippen LogP contribution in [0.25, 0.3) is 0 Å². The van der Waals surface area contributed by atoms with E-state index in [1.165, 1.54) is 0 Å². The largest absolute Gasteiger partial charge is 0.396 e. The summed E-state index contributed by atoms with van der Waals surface area (Å²) in [7, 11) is -3.30. The Morgan fingerprint density at radius 1 is 1.11 bits per heavy atom. The molecule has 0 saturated carbocycles. The van der Waals surface area contributed by atoms with Crippen molar-refractivity contribution in [3.63, 3.8) is 0 Å². The maximum Gasteiger partial charge on any atom is 0.181 e. The van der Waals surface area contributed by atoms with E-state index >= 15 is 0 Å². The Morgan fingerprint density at radius 2 is 1.78 bits per heavy atom. The highest BCUT2D eigenvalue weighted by Gasteiger charge is 2.26. The van der Waals surface area contributed by atoms with Gasteiger partial charge in [0.15, 0.2) is 9.84 Å². The third-order valence-electron chi connectivity index (χ3n) is 3.09. The van der Waals surface area contributed by atoms with Crippen LogP contribution < -0.4 is 0 Å². The first-order valence-electron chi connectivity index (χ1n) is 6.52. The predicted molar refractivity (Wildman–Crippen MR) is 73.3 cm³/mol. The molecule has 1 aromatic carbocycles. The highest BCUT2D eigenvalue weighted by molar-refractivity contribution is 7.92. The van der Waals surface area contributed by atoms with Gasteiger partial charge in [-0.15, -0.1) is 0 Å². The molecule has 0 amide bonds. The Morgan fingerprint density at radius 3 is 2.33 bits per heavy atom. The summed E-state index contributed by atoms with van der Waals surface area (Å²) in [6, 6.07) is 8.51. The molecule has 0 aliphatic heterocycles. The molecule has 0 heterocycles. The van der Waals surface area contributed by atoms with Crippen molar-refractivity contribution in [3.05, 3.63) is 30.3 Å². The fourth-order valence-electron chi connectivity index (χ4n) is 2.02. The van der Waals surface area contributed by atoms with E-state index in [1.807, 2.05) is 0 Å². The summed E-state index contributed by atoms with van der Waals surface area (Å²) in [5.74, 6) is 0. The minimum Gasteiger partial charge on any atom is -0.396 e. The van der Waals surface area contributed by atoms with Crippen LogP contribution in [-0.4, -0.2) is 25.4 Å². The smallest absolute Gasteiger partial charge is 0.181 e. The first kappa shape index (κ1) is 15.2. The lowest BCUT2D eigenvalue weighted by atomic mass is 10.1. The second-order valence-corrected chi connectivity index (χ2v) is 6.72. The van der Waals surface area contributed by atoms with Crippen molar-refractivity contribution in [2.45, 2.75) is 49.2 Å². The van der Waals surface area contributed by atoms with E-state index < -0.39 is 15.1 Å². The summed E-state index contributed by atoms with van der Waals surface area (Å²) in [6.07, 6.45) is 3.95. The van der Waals surface area contributed by atoms with Gasteiger partial charge >= 0.3 is 0 Å². The van der Waals surface area contributed by atoms with Crippen LogP contribution in [0.5, 0.6) is 0 Å². The van der Waals surface area contributed by atoms with Crippen molar-refractivity contribution in [1.82, 2.24) is 0 Å². The molecular weight excluding hydrogens is 248 g/mol. The molecule has 3 nitrogen and oxygen atoms in total. The minimum atomic E-state index is -3.30. The molecule has 1 rings (SSSR count). The second kappa shape index (κ2) is 7.54. The highest BCUT2D eigenvalue weighted by Crippen LogP contribution is 2.22.